The first-order valence-electron chi connectivity index (χ1n) is 7.71. The van der Waals surface area contributed by atoms with E-state index in [0.717, 1.165) is 19.4 Å². The summed E-state index contributed by atoms with van der Waals surface area (Å²) in [6.45, 7) is 6.28. The fraction of sp³-hybridized carbons (Fsp3) is 0.867. The molecule has 1 amide bonds. The van der Waals surface area contributed by atoms with Gasteiger partial charge in [0, 0.05) is 17.3 Å². The van der Waals surface area contributed by atoms with E-state index in [1.807, 2.05) is 11.8 Å². The number of hydrogen-bond donors (Lipinski definition) is 2. The van der Waals surface area contributed by atoms with Gasteiger partial charge in [-0.15, -0.1) is 11.8 Å². The summed E-state index contributed by atoms with van der Waals surface area (Å²) in [4.78, 5) is 25.4. The van der Waals surface area contributed by atoms with Gasteiger partial charge in [-0.2, -0.15) is 0 Å². The molecule has 0 aromatic rings. The quantitative estimate of drug-likeness (QED) is 0.751. The van der Waals surface area contributed by atoms with Crippen LogP contribution in [0.25, 0.3) is 0 Å². The van der Waals surface area contributed by atoms with Gasteiger partial charge >= 0.3 is 5.97 Å². The van der Waals surface area contributed by atoms with Crippen LogP contribution in [-0.4, -0.2) is 51.0 Å². The van der Waals surface area contributed by atoms with Gasteiger partial charge in [-0.05, 0) is 33.6 Å². The van der Waals surface area contributed by atoms with Crippen LogP contribution in [0.1, 0.15) is 52.9 Å². The van der Waals surface area contributed by atoms with E-state index < -0.39 is 16.8 Å². The van der Waals surface area contributed by atoms with Gasteiger partial charge in [-0.1, -0.05) is 19.3 Å². The summed E-state index contributed by atoms with van der Waals surface area (Å²) in [5.74, 6) is -0.641. The number of amides is 1. The van der Waals surface area contributed by atoms with Gasteiger partial charge in [-0.3, -0.25) is 9.59 Å². The predicted octanol–water partition coefficient (Wildman–Crippen LogP) is 2.09. The van der Waals surface area contributed by atoms with Crippen LogP contribution < -0.4 is 5.73 Å². The third kappa shape index (κ3) is 5.18. The van der Waals surface area contributed by atoms with Crippen LogP contribution in [0.2, 0.25) is 0 Å². The number of nitrogens with two attached hydrogens (primary N) is 1. The molecule has 122 valence electrons. The van der Waals surface area contributed by atoms with Crippen LogP contribution >= 0.6 is 11.8 Å². The number of carbonyl (C=O) groups excluding carboxylic acids is 1. The number of thioether (sulfide) groups is 1. The summed E-state index contributed by atoms with van der Waals surface area (Å²) >= 11 is 1.33. The third-order valence-electron chi connectivity index (χ3n) is 4.26. The van der Waals surface area contributed by atoms with E-state index in [0.29, 0.717) is 6.04 Å². The summed E-state index contributed by atoms with van der Waals surface area (Å²) in [6.07, 6.45) is 5.82. The minimum atomic E-state index is -1.03. The molecule has 0 aromatic carbocycles. The lowest BCUT2D eigenvalue weighted by Gasteiger charge is -2.35. The second-order valence-corrected chi connectivity index (χ2v) is 7.81. The lowest BCUT2D eigenvalue weighted by molar-refractivity contribution is -0.139. The normalized spacial score (nSPS) is 18.3. The first-order valence-corrected chi connectivity index (χ1v) is 8.70. The molecule has 0 saturated heterocycles. The lowest BCUT2D eigenvalue weighted by Crippen LogP contribution is -2.48. The Morgan fingerprint density at radius 3 is 2.38 bits per heavy atom. The zero-order chi connectivity index (χ0) is 16.0. The Morgan fingerprint density at radius 1 is 1.33 bits per heavy atom. The molecular weight excluding hydrogens is 288 g/mol. The fourth-order valence-corrected chi connectivity index (χ4v) is 3.69. The van der Waals surface area contributed by atoms with Gasteiger partial charge < -0.3 is 15.7 Å². The van der Waals surface area contributed by atoms with Gasteiger partial charge in [0.25, 0.3) is 0 Å². The second kappa shape index (κ2) is 8.03. The van der Waals surface area contributed by atoms with Crippen LogP contribution in [-0.2, 0) is 9.59 Å². The highest BCUT2D eigenvalue weighted by Gasteiger charge is 2.34. The van der Waals surface area contributed by atoms with E-state index in [9.17, 15) is 9.59 Å². The Kier molecular flexibility index (Phi) is 7.00. The molecule has 1 rings (SSSR count). The molecule has 1 saturated carbocycles. The second-order valence-electron chi connectivity index (χ2n) is 6.18. The maximum Gasteiger partial charge on any atom is 0.321 e. The highest BCUT2D eigenvalue weighted by molar-refractivity contribution is 8.01. The zero-order valence-electron chi connectivity index (χ0n) is 13.3. The topological polar surface area (TPSA) is 83.6 Å². The monoisotopic (exact) mass is 316 g/mol. The molecule has 0 bridgehead atoms. The van der Waals surface area contributed by atoms with E-state index in [-0.39, 0.29) is 11.7 Å². The van der Waals surface area contributed by atoms with Crippen LogP contribution in [0, 0.1) is 0 Å². The van der Waals surface area contributed by atoms with Crippen molar-refractivity contribution in [3.8, 4) is 0 Å². The molecule has 21 heavy (non-hydrogen) atoms. The smallest absolute Gasteiger partial charge is 0.321 e. The molecule has 0 unspecified atom stereocenters. The molecule has 1 fully saturated rings. The van der Waals surface area contributed by atoms with Crippen molar-refractivity contribution < 1.29 is 14.7 Å². The Bertz CT molecular complexity index is 368. The predicted molar refractivity (Wildman–Crippen MR) is 86.4 cm³/mol. The van der Waals surface area contributed by atoms with Crippen molar-refractivity contribution in [3.63, 3.8) is 0 Å². The standard InChI is InChI=1S/C15H28N2O3S/c1-4-17(11-8-6-5-7-9-11)12(18)10-21-15(2,3)13(16)14(19)20/h11,13H,4-10,16H2,1-3H3,(H,19,20)/t13-/m1/s1. The first-order chi connectivity index (χ1) is 9.79. The van der Waals surface area contributed by atoms with Crippen LogP contribution in [0.15, 0.2) is 0 Å². The van der Waals surface area contributed by atoms with Crippen molar-refractivity contribution in [2.45, 2.75) is 69.7 Å². The van der Waals surface area contributed by atoms with Gasteiger partial charge in [0.2, 0.25) is 5.91 Å². The summed E-state index contributed by atoms with van der Waals surface area (Å²) in [7, 11) is 0. The lowest BCUT2D eigenvalue weighted by atomic mass is 9.94. The van der Waals surface area contributed by atoms with E-state index in [1.165, 1.54) is 31.0 Å². The number of aliphatic carboxylic acids is 1. The highest BCUT2D eigenvalue weighted by atomic mass is 32.2. The van der Waals surface area contributed by atoms with E-state index in [2.05, 4.69) is 0 Å². The van der Waals surface area contributed by atoms with Gasteiger partial charge in [-0.25, -0.2) is 0 Å². The number of carbonyl (C=O) groups is 2. The van der Waals surface area contributed by atoms with Crippen molar-refractivity contribution in [3.05, 3.63) is 0 Å². The minimum Gasteiger partial charge on any atom is -0.480 e. The molecule has 0 heterocycles. The molecule has 6 heteroatoms. The van der Waals surface area contributed by atoms with Crippen LogP contribution in [0.4, 0.5) is 0 Å². The molecule has 5 nitrogen and oxygen atoms in total. The Balaban J connectivity index is 2.56. The minimum absolute atomic E-state index is 0.0973. The largest absolute Gasteiger partial charge is 0.480 e. The maximum atomic E-state index is 12.4. The van der Waals surface area contributed by atoms with Gasteiger partial charge in [0.1, 0.15) is 6.04 Å². The zero-order valence-corrected chi connectivity index (χ0v) is 14.1. The summed E-state index contributed by atoms with van der Waals surface area (Å²) in [5.41, 5.74) is 5.69. The van der Waals surface area contributed by atoms with Crippen molar-refractivity contribution in [2.75, 3.05) is 12.3 Å². The number of hydrogen-bond acceptors (Lipinski definition) is 4. The molecule has 1 aliphatic carbocycles. The van der Waals surface area contributed by atoms with E-state index in [1.54, 1.807) is 13.8 Å². The fourth-order valence-electron chi connectivity index (χ4n) is 2.75. The summed E-state index contributed by atoms with van der Waals surface area (Å²) in [6, 6.07) is -0.617. The van der Waals surface area contributed by atoms with Crippen molar-refractivity contribution >= 4 is 23.6 Å². The summed E-state index contributed by atoms with van der Waals surface area (Å²) < 4.78 is -0.659. The molecule has 1 atom stereocenters. The number of rotatable bonds is 7. The maximum absolute atomic E-state index is 12.4. The van der Waals surface area contributed by atoms with Gasteiger partial charge in [0.15, 0.2) is 0 Å². The van der Waals surface area contributed by atoms with E-state index >= 15 is 0 Å². The van der Waals surface area contributed by atoms with Crippen molar-refractivity contribution in [1.29, 1.82) is 0 Å². The molecule has 3 N–H and O–H groups in total. The number of carboxylic acids is 1. The average molecular weight is 316 g/mol. The third-order valence-corrected chi connectivity index (χ3v) is 5.65. The molecular formula is C15H28N2O3S. The number of nitrogens with zero attached hydrogens (tertiary/aromatic N) is 1. The molecule has 0 spiro atoms. The Morgan fingerprint density at radius 2 is 1.90 bits per heavy atom. The van der Waals surface area contributed by atoms with Crippen molar-refractivity contribution in [1.82, 2.24) is 4.90 Å². The first kappa shape index (κ1) is 18.3. The van der Waals surface area contributed by atoms with E-state index in [4.69, 9.17) is 10.8 Å². The highest BCUT2D eigenvalue weighted by Crippen LogP contribution is 2.29. The molecule has 0 aromatic heterocycles. The number of carboxylic acid groups (broad SMARTS) is 1. The molecule has 0 radical (unpaired) electrons. The average Bonchev–Trinajstić information content (AvgIpc) is 2.46. The molecule has 1 aliphatic rings. The van der Waals surface area contributed by atoms with Crippen LogP contribution in [0.3, 0.4) is 0 Å². The summed E-state index contributed by atoms with van der Waals surface area (Å²) in [5, 5.41) is 9.01. The Hall–Kier alpha value is -0.750. The van der Waals surface area contributed by atoms with Crippen LogP contribution in [0.5, 0.6) is 0 Å². The van der Waals surface area contributed by atoms with Crippen molar-refractivity contribution in [2.24, 2.45) is 5.73 Å². The van der Waals surface area contributed by atoms with Gasteiger partial charge in [0.05, 0.1) is 5.75 Å². The molecule has 0 aliphatic heterocycles. The SMILES string of the molecule is CCN(C(=O)CSC(C)(C)[C@H](N)C(=O)O)C1CCCCC1. The Labute approximate surface area is 131 Å².